The molecule has 1 saturated heterocycles. The predicted molar refractivity (Wildman–Crippen MR) is 116 cm³/mol. The second-order valence-electron chi connectivity index (χ2n) is 7.59. The Kier molecular flexibility index (Phi) is 7.17. The highest BCUT2D eigenvalue weighted by molar-refractivity contribution is 7.89. The van der Waals surface area contributed by atoms with E-state index in [-0.39, 0.29) is 22.8 Å². The van der Waals surface area contributed by atoms with Crippen LogP contribution in [0.4, 0.5) is 0 Å². The molecule has 1 aliphatic rings. The molecule has 0 saturated carbocycles. The fourth-order valence-corrected chi connectivity index (χ4v) is 5.48. The molecule has 2 amide bonds. The van der Waals surface area contributed by atoms with Gasteiger partial charge in [0.05, 0.1) is 11.2 Å². The summed E-state index contributed by atoms with van der Waals surface area (Å²) in [5.41, 5.74) is 0.915. The number of nitrogens with one attached hydrogen (secondary N) is 1. The Morgan fingerprint density at radius 3 is 2.42 bits per heavy atom. The lowest BCUT2D eigenvalue weighted by molar-refractivity contribution is 0.0667. The molecule has 0 spiro atoms. The van der Waals surface area contributed by atoms with Crippen LogP contribution in [0.2, 0.25) is 0 Å². The molecular weight excluding hydrogens is 418 g/mol. The minimum absolute atomic E-state index is 0.0858. The Bertz CT molecular complexity index is 1020. The normalized spacial score (nSPS) is 15.3. The molecule has 2 heterocycles. The van der Waals surface area contributed by atoms with E-state index < -0.39 is 10.0 Å². The summed E-state index contributed by atoms with van der Waals surface area (Å²) >= 11 is 0. The van der Waals surface area contributed by atoms with Crippen molar-refractivity contribution in [2.45, 2.75) is 44.6 Å². The molecule has 1 aromatic heterocycles. The van der Waals surface area contributed by atoms with E-state index in [0.717, 1.165) is 0 Å². The highest BCUT2D eigenvalue weighted by Crippen LogP contribution is 2.22. The molecule has 0 bridgehead atoms. The molecule has 1 fully saturated rings. The van der Waals surface area contributed by atoms with Gasteiger partial charge in [0.2, 0.25) is 10.0 Å². The summed E-state index contributed by atoms with van der Waals surface area (Å²) in [6, 6.07) is 7.98. The van der Waals surface area contributed by atoms with Gasteiger partial charge in [0.1, 0.15) is 0 Å². The summed E-state index contributed by atoms with van der Waals surface area (Å²) in [4.78, 5) is 27.0. The third-order valence-electron chi connectivity index (χ3n) is 5.62. The van der Waals surface area contributed by atoms with Crippen molar-refractivity contribution in [3.63, 3.8) is 0 Å². The molecule has 1 aliphatic heterocycles. The van der Waals surface area contributed by atoms with Crippen LogP contribution >= 0.6 is 0 Å². The molecule has 8 nitrogen and oxygen atoms in total. The van der Waals surface area contributed by atoms with Crippen molar-refractivity contribution in [3.05, 3.63) is 53.5 Å². The van der Waals surface area contributed by atoms with E-state index in [1.807, 2.05) is 0 Å². The van der Waals surface area contributed by atoms with Gasteiger partial charge in [0.25, 0.3) is 11.8 Å². The molecule has 31 heavy (non-hydrogen) atoms. The molecular formula is C22H29N3O5S. The van der Waals surface area contributed by atoms with E-state index in [0.29, 0.717) is 55.9 Å². The van der Waals surface area contributed by atoms with Crippen molar-refractivity contribution in [1.29, 1.82) is 0 Å². The molecule has 0 radical (unpaired) electrons. The van der Waals surface area contributed by atoms with Crippen LogP contribution < -0.4 is 5.32 Å². The topological polar surface area (TPSA) is 99.9 Å². The summed E-state index contributed by atoms with van der Waals surface area (Å²) in [6.07, 6.45) is 2.71. The number of likely N-dealkylation sites (tertiary alicyclic amines) is 1. The number of hydrogen-bond acceptors (Lipinski definition) is 5. The van der Waals surface area contributed by atoms with Crippen molar-refractivity contribution in [2.24, 2.45) is 0 Å². The fourth-order valence-electron chi connectivity index (χ4n) is 3.77. The Hall–Kier alpha value is -2.65. The Labute approximate surface area is 183 Å². The standard InChI is InChI=1S/C22H29N3O5S/c1-4-25(5-2)31(28,29)20-15-17(9-8-16(20)3)21(26)23-18-10-12-24(13-11-18)22(27)19-7-6-14-30-19/h6-9,14-15,18H,4-5,10-13H2,1-3H3,(H,23,26). The number of piperidine rings is 1. The van der Waals surface area contributed by atoms with Gasteiger partial charge in [0.15, 0.2) is 5.76 Å². The van der Waals surface area contributed by atoms with Crippen LogP contribution in [0.3, 0.4) is 0 Å². The number of hydrogen-bond donors (Lipinski definition) is 1. The maximum Gasteiger partial charge on any atom is 0.289 e. The van der Waals surface area contributed by atoms with E-state index in [1.54, 1.807) is 49.9 Å². The number of nitrogens with zero attached hydrogens (tertiary/aromatic N) is 2. The fraction of sp³-hybridized carbons (Fsp3) is 0.455. The van der Waals surface area contributed by atoms with Crippen molar-refractivity contribution in [2.75, 3.05) is 26.2 Å². The van der Waals surface area contributed by atoms with E-state index in [1.165, 1.54) is 16.6 Å². The van der Waals surface area contributed by atoms with Gasteiger partial charge in [-0.2, -0.15) is 4.31 Å². The largest absolute Gasteiger partial charge is 0.459 e. The number of carbonyl (C=O) groups excluding carboxylic acids is 2. The first-order valence-corrected chi connectivity index (χ1v) is 12.0. The minimum Gasteiger partial charge on any atom is -0.459 e. The molecule has 2 aromatic rings. The predicted octanol–water partition coefficient (Wildman–Crippen LogP) is 2.65. The Morgan fingerprint density at radius 1 is 1.16 bits per heavy atom. The van der Waals surface area contributed by atoms with E-state index in [2.05, 4.69) is 5.32 Å². The number of benzene rings is 1. The van der Waals surface area contributed by atoms with Gasteiger partial charge in [-0.25, -0.2) is 8.42 Å². The first-order valence-electron chi connectivity index (χ1n) is 10.5. The van der Waals surface area contributed by atoms with Crippen LogP contribution in [0, 0.1) is 6.92 Å². The summed E-state index contributed by atoms with van der Waals surface area (Å²) in [7, 11) is -3.66. The maximum atomic E-state index is 12.9. The number of aryl methyl sites for hydroxylation is 1. The molecule has 9 heteroatoms. The van der Waals surface area contributed by atoms with E-state index in [4.69, 9.17) is 4.42 Å². The lowest BCUT2D eigenvalue weighted by Crippen LogP contribution is -2.46. The molecule has 3 rings (SSSR count). The highest BCUT2D eigenvalue weighted by atomic mass is 32.2. The number of rotatable bonds is 7. The van der Waals surface area contributed by atoms with Crippen molar-refractivity contribution < 1.29 is 22.4 Å². The van der Waals surface area contributed by atoms with E-state index >= 15 is 0 Å². The van der Waals surface area contributed by atoms with Crippen molar-refractivity contribution in [3.8, 4) is 0 Å². The highest BCUT2D eigenvalue weighted by Gasteiger charge is 2.28. The van der Waals surface area contributed by atoms with Crippen molar-refractivity contribution >= 4 is 21.8 Å². The minimum atomic E-state index is -3.66. The third kappa shape index (κ3) is 4.99. The zero-order chi connectivity index (χ0) is 22.6. The number of amides is 2. The third-order valence-corrected chi connectivity index (χ3v) is 7.81. The lowest BCUT2D eigenvalue weighted by Gasteiger charge is -2.32. The van der Waals surface area contributed by atoms with Crippen LogP contribution in [0.1, 0.15) is 53.2 Å². The van der Waals surface area contributed by atoms with Crippen LogP contribution in [0.15, 0.2) is 45.9 Å². The summed E-state index contributed by atoms with van der Waals surface area (Å²) in [6.45, 7) is 7.06. The number of sulfonamides is 1. The molecule has 1 N–H and O–H groups in total. The maximum absolute atomic E-state index is 12.9. The molecule has 0 atom stereocenters. The first-order chi connectivity index (χ1) is 14.8. The van der Waals surface area contributed by atoms with Gasteiger partial charge < -0.3 is 14.6 Å². The summed E-state index contributed by atoms with van der Waals surface area (Å²) in [5, 5.41) is 2.98. The smallest absolute Gasteiger partial charge is 0.289 e. The molecule has 1 aromatic carbocycles. The SMILES string of the molecule is CCN(CC)S(=O)(=O)c1cc(C(=O)NC2CCN(C(=O)c3ccco3)CC2)ccc1C. The van der Waals surface area contributed by atoms with Crippen LogP contribution in [0.25, 0.3) is 0 Å². The van der Waals surface area contributed by atoms with Crippen LogP contribution in [-0.2, 0) is 10.0 Å². The van der Waals surface area contributed by atoms with Gasteiger partial charge in [-0.1, -0.05) is 19.9 Å². The van der Waals surface area contributed by atoms with Gasteiger partial charge >= 0.3 is 0 Å². The van der Waals surface area contributed by atoms with Crippen molar-refractivity contribution in [1.82, 2.24) is 14.5 Å². The van der Waals surface area contributed by atoms with Gasteiger partial charge in [0, 0.05) is 37.8 Å². The lowest BCUT2D eigenvalue weighted by atomic mass is 10.0. The average Bonchev–Trinajstić information content (AvgIpc) is 3.29. The van der Waals surface area contributed by atoms with Gasteiger partial charge in [-0.15, -0.1) is 0 Å². The molecule has 0 unspecified atom stereocenters. The zero-order valence-corrected chi connectivity index (χ0v) is 18.9. The van der Waals surface area contributed by atoms with Crippen LogP contribution in [0.5, 0.6) is 0 Å². The quantitative estimate of drug-likeness (QED) is 0.703. The average molecular weight is 448 g/mol. The summed E-state index contributed by atoms with van der Waals surface area (Å²) in [5.74, 6) is -0.157. The second-order valence-corrected chi connectivity index (χ2v) is 9.49. The summed E-state index contributed by atoms with van der Waals surface area (Å²) < 4.78 is 32.4. The zero-order valence-electron chi connectivity index (χ0n) is 18.1. The van der Waals surface area contributed by atoms with Gasteiger partial charge in [-0.05, 0) is 49.6 Å². The number of carbonyl (C=O) groups is 2. The molecule has 168 valence electrons. The monoisotopic (exact) mass is 447 g/mol. The molecule has 0 aliphatic carbocycles. The second kappa shape index (κ2) is 9.65. The van der Waals surface area contributed by atoms with Gasteiger partial charge in [-0.3, -0.25) is 9.59 Å². The number of furan rings is 1. The Balaban J connectivity index is 1.66. The van der Waals surface area contributed by atoms with Crippen LogP contribution in [-0.4, -0.2) is 61.7 Å². The van der Waals surface area contributed by atoms with E-state index in [9.17, 15) is 18.0 Å². The first kappa shape index (κ1) is 23.0. The Morgan fingerprint density at radius 2 is 1.84 bits per heavy atom.